The molecule has 5 nitrogen and oxygen atoms in total. The van der Waals surface area contributed by atoms with Crippen molar-refractivity contribution < 1.29 is 0 Å². The fraction of sp³-hybridized carbons (Fsp3) is 0.300. The fourth-order valence-electron chi connectivity index (χ4n) is 3.47. The number of hydrogen-bond acceptors (Lipinski definition) is 4. The van der Waals surface area contributed by atoms with Crippen LogP contribution in [0.4, 0.5) is 0 Å². The molecule has 0 N–H and O–H groups in total. The highest BCUT2D eigenvalue weighted by atomic mass is 35.5. The van der Waals surface area contributed by atoms with Crippen LogP contribution < -0.4 is 0 Å². The van der Waals surface area contributed by atoms with E-state index in [2.05, 4.69) is 15.2 Å². The SMILES string of the molecule is C/C=C1/C=C(C(C)(N=O)c2cncn2C)c2cc(Cl)ccc2CC1=NC. The maximum Gasteiger partial charge on any atom is 0.166 e. The number of aryl methyl sites for hydroxylation is 1. The average molecular weight is 369 g/mol. The minimum absolute atomic E-state index is 0.617. The molecule has 6 heteroatoms. The summed E-state index contributed by atoms with van der Waals surface area (Å²) in [6, 6.07) is 5.75. The molecule has 134 valence electrons. The van der Waals surface area contributed by atoms with Crippen LogP contribution in [0.3, 0.4) is 0 Å². The molecule has 0 bridgehead atoms. The second kappa shape index (κ2) is 7.00. The number of rotatable bonds is 3. The summed E-state index contributed by atoms with van der Waals surface area (Å²) in [6.45, 7) is 3.78. The van der Waals surface area contributed by atoms with Crippen LogP contribution in [0.1, 0.15) is 30.7 Å². The first-order valence-electron chi connectivity index (χ1n) is 8.39. The third-order valence-corrected chi connectivity index (χ3v) is 5.19. The maximum absolute atomic E-state index is 12.1. The molecular formula is C20H21ClN4O. The topological polar surface area (TPSA) is 59.6 Å². The van der Waals surface area contributed by atoms with Crippen LogP contribution >= 0.6 is 11.6 Å². The van der Waals surface area contributed by atoms with Gasteiger partial charge in [-0.25, -0.2) is 4.98 Å². The fourth-order valence-corrected chi connectivity index (χ4v) is 3.65. The molecule has 3 rings (SSSR count). The number of halogens is 1. The number of nitrogens with zero attached hydrogens (tertiary/aromatic N) is 4. The quantitative estimate of drug-likeness (QED) is 0.736. The number of aromatic nitrogens is 2. The van der Waals surface area contributed by atoms with Crippen molar-refractivity contribution in [1.82, 2.24) is 9.55 Å². The predicted octanol–water partition coefficient (Wildman–Crippen LogP) is 4.71. The lowest BCUT2D eigenvalue weighted by Gasteiger charge is -2.26. The lowest BCUT2D eigenvalue weighted by atomic mass is 9.82. The lowest BCUT2D eigenvalue weighted by molar-refractivity contribution is 0.592. The van der Waals surface area contributed by atoms with Crippen molar-refractivity contribution in [2.45, 2.75) is 25.8 Å². The van der Waals surface area contributed by atoms with Crippen molar-refractivity contribution in [2.75, 3.05) is 7.05 Å². The summed E-state index contributed by atoms with van der Waals surface area (Å²) < 4.78 is 1.82. The van der Waals surface area contributed by atoms with Crippen molar-refractivity contribution in [3.05, 3.63) is 75.2 Å². The van der Waals surface area contributed by atoms with Crippen molar-refractivity contribution >= 4 is 22.9 Å². The number of allylic oxidation sites excluding steroid dienone is 3. The van der Waals surface area contributed by atoms with E-state index in [0.717, 1.165) is 33.7 Å². The van der Waals surface area contributed by atoms with Crippen molar-refractivity contribution in [1.29, 1.82) is 0 Å². The number of nitroso groups, excluding NO2 is 1. The van der Waals surface area contributed by atoms with E-state index >= 15 is 0 Å². The Hall–Kier alpha value is -2.53. The van der Waals surface area contributed by atoms with Gasteiger partial charge in [0.15, 0.2) is 5.54 Å². The van der Waals surface area contributed by atoms with Crippen LogP contribution in [0.2, 0.25) is 5.02 Å². The van der Waals surface area contributed by atoms with Gasteiger partial charge >= 0.3 is 0 Å². The van der Waals surface area contributed by atoms with Gasteiger partial charge in [-0.3, -0.25) is 4.99 Å². The summed E-state index contributed by atoms with van der Waals surface area (Å²) in [7, 11) is 3.64. The maximum atomic E-state index is 12.1. The van der Waals surface area contributed by atoms with Gasteiger partial charge in [-0.1, -0.05) is 28.9 Å². The van der Waals surface area contributed by atoms with Crippen molar-refractivity contribution in [3.63, 3.8) is 0 Å². The standard InChI is InChI=1S/C20H21ClN4O/c1-5-13-8-17(20(2,24-26)19-11-23-12-25(19)4)16-10-15(21)7-6-14(16)9-18(13)22-3/h5-8,10-12H,9H2,1-4H3/b13-5-,22-18?. The lowest BCUT2D eigenvalue weighted by Crippen LogP contribution is -2.24. The Morgan fingerprint density at radius 3 is 2.73 bits per heavy atom. The minimum atomic E-state index is -1.11. The first-order chi connectivity index (χ1) is 12.4. The molecule has 1 aliphatic carbocycles. The molecule has 0 saturated heterocycles. The molecular weight excluding hydrogens is 348 g/mol. The monoisotopic (exact) mass is 368 g/mol. The Balaban J connectivity index is 2.36. The first-order valence-corrected chi connectivity index (χ1v) is 8.77. The molecule has 0 spiro atoms. The summed E-state index contributed by atoms with van der Waals surface area (Å²) in [6.07, 6.45) is 8.03. The van der Waals surface area contributed by atoms with Crippen LogP contribution in [0.5, 0.6) is 0 Å². The molecule has 1 unspecified atom stereocenters. The van der Waals surface area contributed by atoms with Gasteiger partial charge in [0.25, 0.3) is 0 Å². The molecule has 1 heterocycles. The molecule has 0 radical (unpaired) electrons. The second-order valence-electron chi connectivity index (χ2n) is 6.50. The van der Waals surface area contributed by atoms with E-state index in [1.807, 2.05) is 55.8 Å². The van der Waals surface area contributed by atoms with Gasteiger partial charge in [0.05, 0.1) is 18.2 Å². The summed E-state index contributed by atoms with van der Waals surface area (Å²) in [5, 5.41) is 4.16. The van der Waals surface area contributed by atoms with E-state index < -0.39 is 5.54 Å². The molecule has 0 amide bonds. The number of hydrogen-bond donors (Lipinski definition) is 0. The Kier molecular flexibility index (Phi) is 4.92. The third-order valence-electron chi connectivity index (χ3n) is 4.96. The Bertz CT molecular complexity index is 954. The second-order valence-corrected chi connectivity index (χ2v) is 6.94. The molecule has 1 aromatic heterocycles. The Morgan fingerprint density at radius 1 is 1.38 bits per heavy atom. The highest BCUT2D eigenvalue weighted by molar-refractivity contribution is 6.30. The van der Waals surface area contributed by atoms with Crippen LogP contribution in [0.15, 0.2) is 58.6 Å². The van der Waals surface area contributed by atoms with E-state index in [-0.39, 0.29) is 0 Å². The van der Waals surface area contributed by atoms with Crippen molar-refractivity contribution in [2.24, 2.45) is 17.2 Å². The van der Waals surface area contributed by atoms with E-state index in [4.69, 9.17) is 11.6 Å². The normalized spacial score (nSPS) is 19.7. The zero-order valence-corrected chi connectivity index (χ0v) is 16.1. The van der Waals surface area contributed by atoms with E-state index in [1.54, 1.807) is 19.6 Å². The van der Waals surface area contributed by atoms with Gasteiger partial charge in [0, 0.05) is 31.3 Å². The largest absolute Gasteiger partial charge is 0.335 e. The van der Waals surface area contributed by atoms with Gasteiger partial charge in [0.2, 0.25) is 0 Å². The third kappa shape index (κ3) is 2.92. The first kappa shape index (κ1) is 18.3. The van der Waals surface area contributed by atoms with E-state index in [0.29, 0.717) is 11.4 Å². The number of fused-ring (bicyclic) bond motifs is 1. The van der Waals surface area contributed by atoms with E-state index in [1.165, 1.54) is 0 Å². The van der Waals surface area contributed by atoms with Crippen LogP contribution in [-0.2, 0) is 19.0 Å². The number of aliphatic imine (C=N–C) groups is 1. The highest BCUT2D eigenvalue weighted by Crippen LogP contribution is 2.43. The number of imidazole rings is 1. The summed E-state index contributed by atoms with van der Waals surface area (Å²) in [4.78, 5) is 20.7. The zero-order chi connectivity index (χ0) is 18.9. The zero-order valence-electron chi connectivity index (χ0n) is 15.3. The van der Waals surface area contributed by atoms with Crippen LogP contribution in [-0.4, -0.2) is 22.3 Å². The van der Waals surface area contributed by atoms with Gasteiger partial charge in [-0.15, -0.1) is 4.91 Å². The van der Waals surface area contributed by atoms with Gasteiger partial charge in [-0.2, -0.15) is 0 Å². The molecule has 1 aromatic carbocycles. The predicted molar refractivity (Wildman–Crippen MR) is 107 cm³/mol. The highest BCUT2D eigenvalue weighted by Gasteiger charge is 2.38. The van der Waals surface area contributed by atoms with Crippen LogP contribution in [0.25, 0.3) is 5.57 Å². The van der Waals surface area contributed by atoms with Gasteiger partial charge in [-0.05, 0) is 54.3 Å². The Labute approximate surface area is 158 Å². The molecule has 0 saturated carbocycles. The summed E-state index contributed by atoms with van der Waals surface area (Å²) in [5.41, 5.74) is 4.32. The molecule has 1 aliphatic rings. The average Bonchev–Trinajstić information content (AvgIpc) is 3.01. The van der Waals surface area contributed by atoms with Crippen LogP contribution in [0, 0.1) is 4.91 Å². The molecule has 1 atom stereocenters. The smallest absolute Gasteiger partial charge is 0.166 e. The number of benzene rings is 1. The minimum Gasteiger partial charge on any atom is -0.335 e. The van der Waals surface area contributed by atoms with Gasteiger partial charge in [0.1, 0.15) is 0 Å². The summed E-state index contributed by atoms with van der Waals surface area (Å²) >= 11 is 6.29. The molecule has 0 aliphatic heterocycles. The molecule has 0 fully saturated rings. The van der Waals surface area contributed by atoms with Gasteiger partial charge < -0.3 is 4.57 Å². The van der Waals surface area contributed by atoms with Crippen molar-refractivity contribution in [3.8, 4) is 0 Å². The van der Waals surface area contributed by atoms with E-state index in [9.17, 15) is 4.91 Å². The molecule has 26 heavy (non-hydrogen) atoms. The Morgan fingerprint density at radius 2 is 2.15 bits per heavy atom. The summed E-state index contributed by atoms with van der Waals surface area (Å²) in [5.74, 6) is 0. The molecule has 2 aromatic rings.